The van der Waals surface area contributed by atoms with E-state index in [-0.39, 0.29) is 17.9 Å². The number of rotatable bonds is 9. The van der Waals surface area contributed by atoms with Crippen LogP contribution < -0.4 is 15.4 Å². The van der Waals surface area contributed by atoms with Crippen LogP contribution in [0.5, 0.6) is 17.2 Å². The van der Waals surface area contributed by atoms with E-state index < -0.39 is 35.6 Å². The van der Waals surface area contributed by atoms with Gasteiger partial charge < -0.3 is 30.3 Å². The molecule has 0 aliphatic rings. The Bertz CT molecular complexity index is 1390. The van der Waals surface area contributed by atoms with E-state index in [1.54, 1.807) is 57.2 Å². The van der Waals surface area contributed by atoms with Gasteiger partial charge in [-0.05, 0) is 80.4 Å². The number of ether oxygens (including phenoxy) is 2. The van der Waals surface area contributed by atoms with Gasteiger partial charge >= 0.3 is 6.09 Å². The van der Waals surface area contributed by atoms with E-state index in [1.807, 2.05) is 0 Å². The number of phenolic OH excluding ortho intramolecular Hbond substituents is 2. The number of benzene rings is 3. The Balaban J connectivity index is 1.99. The molecule has 0 heterocycles. The highest BCUT2D eigenvalue weighted by Crippen LogP contribution is 2.27. The molecule has 0 radical (unpaired) electrons. The SMILES string of the molecule is C#CN(C(=O)C(Cc1ccc(O)cc1)NC(=O)OC(C)(C)C)C(C(=O)Nc1ccc(OC)cc1)c1ccc(O)cc1. The van der Waals surface area contributed by atoms with Crippen molar-refractivity contribution >= 4 is 23.6 Å². The number of hydrogen-bond acceptors (Lipinski definition) is 7. The summed E-state index contributed by atoms with van der Waals surface area (Å²) in [5.74, 6) is -0.811. The number of carbonyl (C=O) groups is 3. The van der Waals surface area contributed by atoms with Crippen LogP contribution in [0.3, 0.4) is 0 Å². The molecule has 0 aliphatic heterocycles. The molecule has 2 unspecified atom stereocenters. The van der Waals surface area contributed by atoms with E-state index in [2.05, 4.69) is 16.7 Å². The van der Waals surface area contributed by atoms with Crippen molar-refractivity contribution in [2.45, 2.75) is 44.9 Å². The lowest BCUT2D eigenvalue weighted by molar-refractivity contribution is -0.136. The quantitative estimate of drug-likeness (QED) is 0.226. The molecule has 0 aliphatic carbocycles. The van der Waals surface area contributed by atoms with Gasteiger partial charge in [-0.25, -0.2) is 4.79 Å². The predicted molar refractivity (Wildman–Crippen MR) is 153 cm³/mol. The summed E-state index contributed by atoms with van der Waals surface area (Å²) in [4.78, 5) is 41.3. The van der Waals surface area contributed by atoms with Crippen molar-refractivity contribution in [2.24, 2.45) is 0 Å². The number of aromatic hydroxyl groups is 2. The lowest BCUT2D eigenvalue weighted by Gasteiger charge is -2.30. The molecule has 3 aromatic rings. The molecule has 41 heavy (non-hydrogen) atoms. The molecule has 0 fully saturated rings. The minimum absolute atomic E-state index is 0.0149. The third-order valence-corrected chi connectivity index (χ3v) is 5.81. The zero-order chi connectivity index (χ0) is 30.2. The molecule has 0 bridgehead atoms. The smallest absolute Gasteiger partial charge is 0.408 e. The number of methoxy groups -OCH3 is 1. The average Bonchev–Trinajstić information content (AvgIpc) is 2.92. The van der Waals surface area contributed by atoms with Gasteiger partial charge in [0.15, 0.2) is 0 Å². The number of nitrogens with one attached hydrogen (secondary N) is 2. The van der Waals surface area contributed by atoms with Crippen LogP contribution in [0, 0.1) is 12.5 Å². The number of amides is 3. The number of nitrogens with zero attached hydrogens (tertiary/aromatic N) is 1. The van der Waals surface area contributed by atoms with E-state index in [0.717, 1.165) is 4.90 Å². The number of terminal acetylenes is 1. The molecule has 0 aromatic heterocycles. The van der Waals surface area contributed by atoms with Crippen molar-refractivity contribution < 1.29 is 34.1 Å². The normalized spacial score (nSPS) is 12.3. The molecule has 3 rings (SSSR count). The second kappa shape index (κ2) is 13.3. The third kappa shape index (κ3) is 8.66. The van der Waals surface area contributed by atoms with Crippen molar-refractivity contribution in [1.29, 1.82) is 0 Å². The van der Waals surface area contributed by atoms with Crippen LogP contribution in [0.1, 0.15) is 37.9 Å². The van der Waals surface area contributed by atoms with E-state index in [9.17, 15) is 24.6 Å². The lowest BCUT2D eigenvalue weighted by Crippen LogP contribution is -2.51. The fourth-order valence-corrected chi connectivity index (χ4v) is 3.91. The summed E-state index contributed by atoms with van der Waals surface area (Å²) in [5, 5.41) is 24.8. The molecular formula is C31H33N3O7. The number of carbonyl (C=O) groups excluding carboxylic acids is 3. The summed E-state index contributed by atoms with van der Waals surface area (Å²) < 4.78 is 10.5. The maximum Gasteiger partial charge on any atom is 0.408 e. The lowest BCUT2D eigenvalue weighted by atomic mass is 10.0. The zero-order valence-corrected chi connectivity index (χ0v) is 23.3. The highest BCUT2D eigenvalue weighted by Gasteiger charge is 2.36. The highest BCUT2D eigenvalue weighted by molar-refractivity contribution is 5.99. The van der Waals surface area contributed by atoms with Crippen molar-refractivity contribution in [3.05, 3.63) is 83.9 Å². The summed E-state index contributed by atoms with van der Waals surface area (Å²) in [6.07, 6.45) is 4.96. The van der Waals surface area contributed by atoms with Gasteiger partial charge in [-0.3, -0.25) is 14.5 Å². The van der Waals surface area contributed by atoms with Crippen LogP contribution >= 0.6 is 0 Å². The monoisotopic (exact) mass is 559 g/mol. The van der Waals surface area contributed by atoms with Crippen LogP contribution in [-0.2, 0) is 20.7 Å². The first-order valence-corrected chi connectivity index (χ1v) is 12.7. The van der Waals surface area contributed by atoms with Gasteiger partial charge in [-0.1, -0.05) is 30.7 Å². The van der Waals surface area contributed by atoms with Gasteiger partial charge in [0.25, 0.3) is 11.8 Å². The Labute approximate surface area is 238 Å². The van der Waals surface area contributed by atoms with Crippen LogP contribution in [-0.4, -0.2) is 51.8 Å². The molecule has 3 aromatic carbocycles. The summed E-state index contributed by atoms with van der Waals surface area (Å²) in [7, 11) is 1.52. The standard InChI is InChI=1S/C31H33N3O7/c1-6-34(29(38)26(33-30(39)41-31(2,3)4)19-20-7-13-23(35)14-8-20)27(21-9-15-24(36)16-10-21)28(37)32-22-11-17-25(40-5)18-12-22/h1,7-18,26-27,35-36H,19H2,2-5H3,(H,32,37)(H,33,39). The Hall–Kier alpha value is -5.17. The van der Waals surface area contributed by atoms with Gasteiger partial charge in [0.05, 0.1) is 7.11 Å². The van der Waals surface area contributed by atoms with Crippen LogP contribution in [0.4, 0.5) is 10.5 Å². The number of hydrogen-bond donors (Lipinski definition) is 4. The topological polar surface area (TPSA) is 137 Å². The summed E-state index contributed by atoms with van der Waals surface area (Å²) in [5.41, 5.74) is 0.518. The van der Waals surface area contributed by atoms with Gasteiger partial charge in [0, 0.05) is 18.2 Å². The van der Waals surface area contributed by atoms with Crippen molar-refractivity contribution in [1.82, 2.24) is 10.2 Å². The average molecular weight is 560 g/mol. The number of anilines is 1. The minimum Gasteiger partial charge on any atom is -0.508 e. The molecule has 0 saturated heterocycles. The highest BCUT2D eigenvalue weighted by atomic mass is 16.6. The second-order valence-electron chi connectivity index (χ2n) is 10.1. The van der Waals surface area contributed by atoms with Gasteiger partial charge in [0.1, 0.15) is 34.9 Å². The number of phenols is 2. The van der Waals surface area contributed by atoms with E-state index in [4.69, 9.17) is 15.9 Å². The molecule has 2 atom stereocenters. The fourth-order valence-electron chi connectivity index (χ4n) is 3.91. The molecule has 0 saturated carbocycles. The molecular weight excluding hydrogens is 526 g/mol. The Morgan fingerprint density at radius 2 is 1.49 bits per heavy atom. The molecule has 10 heteroatoms. The maximum absolute atomic E-state index is 14.0. The first kappa shape index (κ1) is 30.4. The van der Waals surface area contributed by atoms with Crippen LogP contribution in [0.15, 0.2) is 72.8 Å². The Kier molecular flexibility index (Phi) is 9.82. The van der Waals surface area contributed by atoms with Crippen LogP contribution in [0.25, 0.3) is 0 Å². The summed E-state index contributed by atoms with van der Waals surface area (Å²) >= 11 is 0. The third-order valence-electron chi connectivity index (χ3n) is 5.81. The Morgan fingerprint density at radius 3 is 2.00 bits per heavy atom. The van der Waals surface area contributed by atoms with E-state index in [0.29, 0.717) is 22.6 Å². The molecule has 4 N–H and O–H groups in total. The summed E-state index contributed by atoms with van der Waals surface area (Å²) in [6.45, 7) is 5.05. The van der Waals surface area contributed by atoms with E-state index in [1.165, 1.54) is 43.5 Å². The maximum atomic E-state index is 14.0. The second-order valence-corrected chi connectivity index (χ2v) is 10.1. The number of alkyl carbamates (subject to hydrolysis) is 1. The molecule has 214 valence electrons. The van der Waals surface area contributed by atoms with Crippen molar-refractivity contribution in [3.63, 3.8) is 0 Å². The van der Waals surface area contributed by atoms with Gasteiger partial charge in [-0.15, -0.1) is 0 Å². The van der Waals surface area contributed by atoms with Gasteiger partial charge in [0.2, 0.25) is 0 Å². The fraction of sp³-hybridized carbons (Fsp3) is 0.258. The van der Waals surface area contributed by atoms with Crippen LogP contribution in [0.2, 0.25) is 0 Å². The predicted octanol–water partition coefficient (Wildman–Crippen LogP) is 4.34. The molecule has 3 amide bonds. The summed E-state index contributed by atoms with van der Waals surface area (Å²) in [6, 6.07) is 18.1. The molecule has 0 spiro atoms. The largest absolute Gasteiger partial charge is 0.508 e. The zero-order valence-electron chi connectivity index (χ0n) is 23.3. The first-order valence-electron chi connectivity index (χ1n) is 12.7. The van der Waals surface area contributed by atoms with E-state index >= 15 is 0 Å². The van der Waals surface area contributed by atoms with Crippen molar-refractivity contribution in [2.75, 3.05) is 12.4 Å². The first-order chi connectivity index (χ1) is 19.4. The Morgan fingerprint density at radius 1 is 0.927 bits per heavy atom. The van der Waals surface area contributed by atoms with Gasteiger partial charge in [-0.2, -0.15) is 0 Å². The van der Waals surface area contributed by atoms with Crippen molar-refractivity contribution in [3.8, 4) is 29.7 Å². The minimum atomic E-state index is -1.34. The molecule has 10 nitrogen and oxygen atoms in total.